The van der Waals surface area contributed by atoms with E-state index in [1.807, 2.05) is 0 Å². The lowest BCUT2D eigenvalue weighted by Crippen LogP contribution is -2.25. The molecule has 0 bridgehead atoms. The third-order valence-corrected chi connectivity index (χ3v) is 2.21. The molecule has 2 heteroatoms. The van der Waals surface area contributed by atoms with Crippen molar-refractivity contribution in [1.29, 1.82) is 0 Å². The fourth-order valence-electron chi connectivity index (χ4n) is 1.57. The highest BCUT2D eigenvalue weighted by molar-refractivity contribution is 4.67. The van der Waals surface area contributed by atoms with Gasteiger partial charge in [0.05, 0.1) is 6.61 Å². The molecular formula is C8H16NO. The van der Waals surface area contributed by atoms with E-state index in [4.69, 9.17) is 0 Å². The highest BCUT2D eigenvalue weighted by atomic mass is 16.3. The summed E-state index contributed by atoms with van der Waals surface area (Å²) in [5.74, 6) is 0.424. The molecule has 10 heavy (non-hydrogen) atoms. The van der Waals surface area contributed by atoms with Gasteiger partial charge >= 0.3 is 0 Å². The zero-order valence-corrected chi connectivity index (χ0v) is 6.68. The first-order chi connectivity index (χ1) is 4.83. The second-order valence-electron chi connectivity index (χ2n) is 3.29. The van der Waals surface area contributed by atoms with Crippen LogP contribution < -0.4 is 0 Å². The van der Waals surface area contributed by atoms with E-state index >= 15 is 0 Å². The van der Waals surface area contributed by atoms with Gasteiger partial charge in [-0.3, -0.25) is 0 Å². The molecule has 0 aromatic heterocycles. The van der Waals surface area contributed by atoms with Gasteiger partial charge in [-0.2, -0.15) is 0 Å². The van der Waals surface area contributed by atoms with Crippen molar-refractivity contribution in [3.05, 3.63) is 0 Å². The predicted molar refractivity (Wildman–Crippen MR) is 40.4 cm³/mol. The number of rotatable bonds is 1. The normalized spacial score (nSPS) is 30.0. The maximum Gasteiger partial charge on any atom is 0.0862 e. The smallest absolute Gasteiger partial charge is 0.0862 e. The monoisotopic (exact) mass is 142 g/mol. The van der Waals surface area contributed by atoms with E-state index in [-0.39, 0.29) is 6.61 Å². The fraction of sp³-hybridized carbons (Fsp3) is 1.00. The van der Waals surface area contributed by atoms with E-state index in [1.54, 1.807) is 0 Å². The molecule has 0 N–H and O–H groups in total. The van der Waals surface area contributed by atoms with E-state index < -0.39 is 0 Å². The van der Waals surface area contributed by atoms with Crippen LogP contribution >= 0.6 is 0 Å². The second kappa shape index (κ2) is 3.94. The van der Waals surface area contributed by atoms with Crippen molar-refractivity contribution in [2.45, 2.75) is 19.3 Å². The minimum absolute atomic E-state index is 0.115. The molecule has 0 saturated carbocycles. The Morgan fingerprint density at radius 1 is 1.50 bits per heavy atom. The van der Waals surface area contributed by atoms with E-state index in [2.05, 4.69) is 11.9 Å². The van der Waals surface area contributed by atoms with Crippen LogP contribution in [0.2, 0.25) is 0 Å². The predicted octanol–water partition coefficient (Wildman–Crippen LogP) is 1.15. The quantitative estimate of drug-likeness (QED) is 0.538. The third kappa shape index (κ3) is 2.27. The average Bonchev–Trinajstić information content (AvgIpc) is 2.13. The molecular weight excluding hydrogens is 126 g/mol. The Hall–Kier alpha value is -0.0800. The van der Waals surface area contributed by atoms with Gasteiger partial charge in [-0.25, -0.2) is 5.11 Å². The highest BCUT2D eigenvalue weighted by Gasteiger charge is 2.14. The lowest BCUT2D eigenvalue weighted by molar-refractivity contribution is 0.123. The maximum absolute atomic E-state index is 10.6. The molecule has 1 heterocycles. The standard InChI is InChI=1S/C8H16NO/c1-9-5-3-2-4-8(6-9)7-10/h8H,2-7H2,1H3. The molecule has 1 radical (unpaired) electrons. The van der Waals surface area contributed by atoms with Crippen LogP contribution in [0, 0.1) is 5.92 Å². The van der Waals surface area contributed by atoms with E-state index in [1.165, 1.54) is 19.4 Å². The van der Waals surface area contributed by atoms with Crippen molar-refractivity contribution in [2.24, 2.45) is 5.92 Å². The lowest BCUT2D eigenvalue weighted by atomic mass is 10.1. The van der Waals surface area contributed by atoms with Gasteiger partial charge in [0.25, 0.3) is 0 Å². The summed E-state index contributed by atoms with van der Waals surface area (Å²) in [6.45, 7) is 2.31. The van der Waals surface area contributed by atoms with Crippen LogP contribution in [0.1, 0.15) is 19.3 Å². The van der Waals surface area contributed by atoms with Crippen molar-refractivity contribution in [2.75, 3.05) is 26.7 Å². The molecule has 1 atom stereocenters. The van der Waals surface area contributed by atoms with Gasteiger partial charge in [-0.15, -0.1) is 0 Å². The minimum Gasteiger partial charge on any atom is -0.306 e. The first kappa shape index (κ1) is 8.02. The van der Waals surface area contributed by atoms with Crippen molar-refractivity contribution < 1.29 is 5.11 Å². The zero-order chi connectivity index (χ0) is 7.40. The molecule has 1 aliphatic heterocycles. The summed E-state index contributed by atoms with van der Waals surface area (Å²) >= 11 is 0. The molecule has 0 spiro atoms. The molecule has 2 nitrogen and oxygen atoms in total. The number of nitrogens with zero attached hydrogens (tertiary/aromatic N) is 1. The van der Waals surface area contributed by atoms with Crippen LogP contribution in [0.4, 0.5) is 0 Å². The van der Waals surface area contributed by atoms with Gasteiger partial charge < -0.3 is 4.90 Å². The van der Waals surface area contributed by atoms with Gasteiger partial charge in [-0.1, -0.05) is 6.42 Å². The third-order valence-electron chi connectivity index (χ3n) is 2.21. The highest BCUT2D eigenvalue weighted by Crippen LogP contribution is 2.14. The second-order valence-corrected chi connectivity index (χ2v) is 3.29. The Labute approximate surface area is 62.8 Å². The summed E-state index contributed by atoms with van der Waals surface area (Å²) in [6, 6.07) is 0. The Morgan fingerprint density at radius 3 is 3.00 bits per heavy atom. The summed E-state index contributed by atoms with van der Waals surface area (Å²) in [7, 11) is 2.11. The van der Waals surface area contributed by atoms with Crippen LogP contribution in [-0.2, 0) is 5.11 Å². The zero-order valence-electron chi connectivity index (χ0n) is 6.68. The van der Waals surface area contributed by atoms with Crippen LogP contribution in [0.25, 0.3) is 0 Å². The molecule has 0 amide bonds. The van der Waals surface area contributed by atoms with Gasteiger partial charge in [0.1, 0.15) is 0 Å². The molecule has 1 fully saturated rings. The summed E-state index contributed by atoms with van der Waals surface area (Å²) in [5, 5.41) is 10.6. The fourth-order valence-corrected chi connectivity index (χ4v) is 1.57. The molecule has 0 aliphatic carbocycles. The van der Waals surface area contributed by atoms with Crippen molar-refractivity contribution in [1.82, 2.24) is 4.90 Å². The molecule has 1 rings (SSSR count). The Balaban J connectivity index is 2.30. The molecule has 1 saturated heterocycles. The van der Waals surface area contributed by atoms with Crippen molar-refractivity contribution in [3.8, 4) is 0 Å². The lowest BCUT2D eigenvalue weighted by Gasteiger charge is -2.16. The summed E-state index contributed by atoms with van der Waals surface area (Å²) in [6.07, 6.45) is 3.66. The Kier molecular flexibility index (Phi) is 3.16. The van der Waals surface area contributed by atoms with Gasteiger partial charge in [0, 0.05) is 6.54 Å². The molecule has 1 unspecified atom stereocenters. The molecule has 59 valence electrons. The minimum atomic E-state index is 0.115. The summed E-state index contributed by atoms with van der Waals surface area (Å²) in [5.41, 5.74) is 0. The van der Waals surface area contributed by atoms with Crippen LogP contribution in [0.15, 0.2) is 0 Å². The summed E-state index contributed by atoms with van der Waals surface area (Å²) in [4.78, 5) is 2.27. The van der Waals surface area contributed by atoms with Crippen LogP contribution in [0.3, 0.4) is 0 Å². The Bertz CT molecular complexity index is 95.3. The van der Waals surface area contributed by atoms with Crippen LogP contribution in [-0.4, -0.2) is 31.6 Å². The van der Waals surface area contributed by atoms with Crippen molar-refractivity contribution in [3.63, 3.8) is 0 Å². The van der Waals surface area contributed by atoms with Crippen LogP contribution in [0.5, 0.6) is 0 Å². The van der Waals surface area contributed by atoms with Gasteiger partial charge in [0.15, 0.2) is 0 Å². The average molecular weight is 142 g/mol. The molecule has 0 aromatic rings. The van der Waals surface area contributed by atoms with E-state index in [9.17, 15) is 5.11 Å². The summed E-state index contributed by atoms with van der Waals surface area (Å²) < 4.78 is 0. The Morgan fingerprint density at radius 2 is 2.30 bits per heavy atom. The maximum atomic E-state index is 10.6. The SMILES string of the molecule is CN1CCCCC(C[O])C1. The first-order valence-corrected chi connectivity index (χ1v) is 4.09. The van der Waals surface area contributed by atoms with Gasteiger partial charge in [-0.05, 0) is 32.4 Å². The van der Waals surface area contributed by atoms with Crippen molar-refractivity contribution >= 4 is 0 Å². The number of hydrogen-bond donors (Lipinski definition) is 0. The first-order valence-electron chi connectivity index (χ1n) is 4.09. The van der Waals surface area contributed by atoms with Gasteiger partial charge in [0.2, 0.25) is 0 Å². The topological polar surface area (TPSA) is 23.1 Å². The number of hydrogen-bond acceptors (Lipinski definition) is 1. The molecule has 0 aromatic carbocycles. The van der Waals surface area contributed by atoms with E-state index in [0.717, 1.165) is 13.0 Å². The number of likely N-dealkylation sites (tertiary alicyclic amines) is 1. The molecule has 1 aliphatic rings. The largest absolute Gasteiger partial charge is 0.306 e. The van der Waals surface area contributed by atoms with E-state index in [0.29, 0.717) is 5.92 Å².